The van der Waals surface area contributed by atoms with Crippen molar-refractivity contribution in [2.45, 2.75) is 53.1 Å². The van der Waals surface area contributed by atoms with E-state index >= 15 is 0 Å². The maximum Gasteiger partial charge on any atom is 0.0212 e. The highest BCUT2D eigenvalue weighted by atomic mass is 32.2. The standard InChI is InChI=1S/C14H30N2S/c1-6-16(7-2)10-12(3)15-13-11-17-9-8-14(13,4)5/h12-13,15H,6-11H2,1-5H3. The van der Waals surface area contributed by atoms with E-state index in [1.165, 1.54) is 24.5 Å². The van der Waals surface area contributed by atoms with Crippen LogP contribution in [0.4, 0.5) is 0 Å². The molecule has 1 saturated heterocycles. The molecular formula is C14H30N2S. The van der Waals surface area contributed by atoms with Gasteiger partial charge in [0.25, 0.3) is 0 Å². The Kier molecular flexibility index (Phi) is 6.32. The molecule has 2 nitrogen and oxygen atoms in total. The Morgan fingerprint density at radius 2 is 2.00 bits per heavy atom. The molecule has 0 aromatic heterocycles. The molecule has 1 aliphatic rings. The summed E-state index contributed by atoms with van der Waals surface area (Å²) in [7, 11) is 0. The number of hydrogen-bond acceptors (Lipinski definition) is 3. The molecule has 102 valence electrons. The Bertz CT molecular complexity index is 214. The van der Waals surface area contributed by atoms with Crippen molar-refractivity contribution in [3.63, 3.8) is 0 Å². The van der Waals surface area contributed by atoms with E-state index in [1.54, 1.807) is 0 Å². The summed E-state index contributed by atoms with van der Waals surface area (Å²) in [5.74, 6) is 2.60. The first-order valence-electron chi connectivity index (χ1n) is 7.05. The lowest BCUT2D eigenvalue weighted by Gasteiger charge is -2.41. The predicted molar refractivity (Wildman–Crippen MR) is 79.9 cm³/mol. The molecule has 17 heavy (non-hydrogen) atoms. The molecule has 1 rings (SSSR count). The molecule has 0 aromatic carbocycles. The minimum atomic E-state index is 0.461. The fraction of sp³-hybridized carbons (Fsp3) is 1.00. The minimum absolute atomic E-state index is 0.461. The number of rotatable bonds is 6. The number of hydrogen-bond donors (Lipinski definition) is 1. The van der Waals surface area contributed by atoms with Crippen molar-refractivity contribution in [3.05, 3.63) is 0 Å². The Morgan fingerprint density at radius 1 is 1.35 bits per heavy atom. The van der Waals surface area contributed by atoms with E-state index in [1.807, 2.05) is 0 Å². The third-order valence-electron chi connectivity index (χ3n) is 4.03. The van der Waals surface area contributed by atoms with Gasteiger partial charge in [0, 0.05) is 24.4 Å². The van der Waals surface area contributed by atoms with E-state index < -0.39 is 0 Å². The molecule has 0 saturated carbocycles. The van der Waals surface area contributed by atoms with Crippen molar-refractivity contribution in [2.75, 3.05) is 31.1 Å². The molecule has 1 aliphatic heterocycles. The molecule has 1 fully saturated rings. The Balaban J connectivity index is 2.41. The van der Waals surface area contributed by atoms with Gasteiger partial charge < -0.3 is 10.2 Å². The summed E-state index contributed by atoms with van der Waals surface area (Å²) in [5, 5.41) is 3.85. The van der Waals surface area contributed by atoms with Crippen molar-refractivity contribution in [1.82, 2.24) is 10.2 Å². The summed E-state index contributed by atoms with van der Waals surface area (Å²) in [5.41, 5.74) is 0.461. The van der Waals surface area contributed by atoms with E-state index in [-0.39, 0.29) is 0 Å². The second kappa shape index (κ2) is 7.01. The zero-order valence-electron chi connectivity index (χ0n) is 12.3. The molecule has 0 aliphatic carbocycles. The van der Waals surface area contributed by atoms with Crippen LogP contribution in [0.25, 0.3) is 0 Å². The SMILES string of the molecule is CCN(CC)CC(C)NC1CSCCC1(C)C. The third kappa shape index (κ3) is 4.80. The summed E-state index contributed by atoms with van der Waals surface area (Å²) in [6.45, 7) is 15.1. The highest BCUT2D eigenvalue weighted by Crippen LogP contribution is 2.34. The van der Waals surface area contributed by atoms with Gasteiger partial charge in [0.2, 0.25) is 0 Å². The topological polar surface area (TPSA) is 15.3 Å². The molecular weight excluding hydrogens is 228 g/mol. The number of likely N-dealkylation sites (N-methyl/N-ethyl adjacent to an activating group) is 1. The van der Waals surface area contributed by atoms with Crippen LogP contribution in [0.3, 0.4) is 0 Å². The van der Waals surface area contributed by atoms with E-state index in [0.29, 0.717) is 17.5 Å². The normalized spacial score (nSPS) is 26.1. The predicted octanol–water partition coefficient (Wildman–Crippen LogP) is 2.84. The summed E-state index contributed by atoms with van der Waals surface area (Å²) < 4.78 is 0. The minimum Gasteiger partial charge on any atom is -0.309 e. The van der Waals surface area contributed by atoms with Crippen LogP contribution in [0.1, 0.15) is 41.0 Å². The number of nitrogens with zero attached hydrogens (tertiary/aromatic N) is 1. The molecule has 0 amide bonds. The van der Waals surface area contributed by atoms with Gasteiger partial charge in [-0.05, 0) is 37.6 Å². The average Bonchev–Trinajstić information content (AvgIpc) is 2.28. The van der Waals surface area contributed by atoms with Crippen LogP contribution < -0.4 is 5.32 Å². The van der Waals surface area contributed by atoms with Gasteiger partial charge in [0.1, 0.15) is 0 Å². The van der Waals surface area contributed by atoms with Crippen LogP contribution in [-0.4, -0.2) is 48.1 Å². The van der Waals surface area contributed by atoms with Gasteiger partial charge in [-0.25, -0.2) is 0 Å². The Morgan fingerprint density at radius 3 is 2.53 bits per heavy atom. The second-order valence-corrected chi connectivity index (χ2v) is 7.07. The largest absolute Gasteiger partial charge is 0.309 e. The lowest BCUT2D eigenvalue weighted by molar-refractivity contribution is 0.203. The summed E-state index contributed by atoms with van der Waals surface area (Å²) >= 11 is 2.10. The molecule has 2 unspecified atom stereocenters. The lowest BCUT2D eigenvalue weighted by atomic mass is 9.82. The third-order valence-corrected chi connectivity index (χ3v) is 5.09. The van der Waals surface area contributed by atoms with Crippen LogP contribution in [0.5, 0.6) is 0 Å². The van der Waals surface area contributed by atoms with Gasteiger partial charge in [-0.1, -0.05) is 27.7 Å². The lowest BCUT2D eigenvalue weighted by Crippen LogP contribution is -2.52. The molecule has 0 aromatic rings. The Labute approximate surface area is 112 Å². The van der Waals surface area contributed by atoms with Crippen LogP contribution >= 0.6 is 11.8 Å². The monoisotopic (exact) mass is 258 g/mol. The van der Waals surface area contributed by atoms with Crippen molar-refractivity contribution in [2.24, 2.45) is 5.41 Å². The van der Waals surface area contributed by atoms with Crippen molar-refractivity contribution in [3.8, 4) is 0 Å². The highest BCUT2D eigenvalue weighted by Gasteiger charge is 2.33. The fourth-order valence-corrected chi connectivity index (χ4v) is 4.10. The Hall–Kier alpha value is 0.270. The molecule has 0 radical (unpaired) electrons. The van der Waals surface area contributed by atoms with E-state index in [0.717, 1.165) is 13.1 Å². The van der Waals surface area contributed by atoms with Crippen LogP contribution in [0, 0.1) is 5.41 Å². The smallest absolute Gasteiger partial charge is 0.0212 e. The van der Waals surface area contributed by atoms with Crippen molar-refractivity contribution < 1.29 is 0 Å². The van der Waals surface area contributed by atoms with E-state index in [2.05, 4.69) is 56.6 Å². The summed E-state index contributed by atoms with van der Waals surface area (Å²) in [6, 6.07) is 1.27. The maximum atomic E-state index is 3.85. The van der Waals surface area contributed by atoms with Gasteiger partial charge in [-0.15, -0.1) is 0 Å². The quantitative estimate of drug-likeness (QED) is 0.789. The molecule has 1 N–H and O–H groups in total. The number of nitrogens with one attached hydrogen (secondary N) is 1. The molecule has 1 heterocycles. The van der Waals surface area contributed by atoms with Gasteiger partial charge >= 0.3 is 0 Å². The molecule has 0 bridgehead atoms. The van der Waals surface area contributed by atoms with Crippen molar-refractivity contribution in [1.29, 1.82) is 0 Å². The fourth-order valence-electron chi connectivity index (χ4n) is 2.48. The van der Waals surface area contributed by atoms with Crippen LogP contribution in [0.15, 0.2) is 0 Å². The number of thioether (sulfide) groups is 1. The first-order valence-corrected chi connectivity index (χ1v) is 8.21. The molecule has 0 spiro atoms. The zero-order valence-corrected chi connectivity index (χ0v) is 13.1. The summed E-state index contributed by atoms with van der Waals surface area (Å²) in [6.07, 6.45) is 1.34. The average molecular weight is 258 g/mol. The molecule has 3 heteroatoms. The highest BCUT2D eigenvalue weighted by molar-refractivity contribution is 7.99. The second-order valence-electron chi connectivity index (χ2n) is 5.92. The van der Waals surface area contributed by atoms with Gasteiger partial charge in [-0.2, -0.15) is 11.8 Å². The van der Waals surface area contributed by atoms with Gasteiger partial charge in [0.15, 0.2) is 0 Å². The summed E-state index contributed by atoms with van der Waals surface area (Å²) in [4.78, 5) is 2.50. The van der Waals surface area contributed by atoms with E-state index in [4.69, 9.17) is 0 Å². The molecule has 2 atom stereocenters. The first kappa shape index (κ1) is 15.3. The van der Waals surface area contributed by atoms with Gasteiger partial charge in [-0.3, -0.25) is 0 Å². The van der Waals surface area contributed by atoms with E-state index in [9.17, 15) is 0 Å². The van der Waals surface area contributed by atoms with Crippen LogP contribution in [0.2, 0.25) is 0 Å². The van der Waals surface area contributed by atoms with Gasteiger partial charge in [0.05, 0.1) is 0 Å². The van der Waals surface area contributed by atoms with Crippen molar-refractivity contribution >= 4 is 11.8 Å². The first-order chi connectivity index (χ1) is 7.99. The van der Waals surface area contributed by atoms with Crippen LogP contribution in [-0.2, 0) is 0 Å². The maximum absolute atomic E-state index is 3.85. The zero-order chi connectivity index (χ0) is 12.9.